The molecular formula is C14H21N3O. The fourth-order valence-electron chi connectivity index (χ4n) is 4.26. The highest BCUT2D eigenvalue weighted by Gasteiger charge is 2.52. The van der Waals surface area contributed by atoms with Gasteiger partial charge in [0, 0.05) is 30.8 Å². The summed E-state index contributed by atoms with van der Waals surface area (Å²) in [6, 6.07) is 0. The first kappa shape index (κ1) is 11.8. The molecule has 3 aliphatic rings. The third kappa shape index (κ3) is 1.58. The molecule has 0 spiro atoms. The van der Waals surface area contributed by atoms with Crippen molar-refractivity contribution in [2.75, 3.05) is 7.05 Å². The zero-order valence-electron chi connectivity index (χ0n) is 11.3. The topological polar surface area (TPSA) is 53.5 Å². The molecule has 1 amide bonds. The van der Waals surface area contributed by atoms with Gasteiger partial charge in [0.1, 0.15) is 0 Å². The summed E-state index contributed by atoms with van der Waals surface area (Å²) in [5, 5.41) is 7.16. The van der Waals surface area contributed by atoms with E-state index >= 15 is 0 Å². The number of nitrogens with zero attached hydrogens (tertiary/aromatic N) is 1. The zero-order chi connectivity index (χ0) is 12.9. The van der Waals surface area contributed by atoms with Crippen molar-refractivity contribution in [3.63, 3.8) is 0 Å². The summed E-state index contributed by atoms with van der Waals surface area (Å²) in [5.41, 5.74) is 7.16. The van der Waals surface area contributed by atoms with Crippen LogP contribution in [0.15, 0.2) is 16.4 Å². The van der Waals surface area contributed by atoms with E-state index in [1.54, 1.807) is 12.6 Å². The second-order valence-corrected chi connectivity index (χ2v) is 5.89. The Morgan fingerprint density at radius 1 is 1.44 bits per heavy atom. The molecule has 4 nitrogen and oxygen atoms in total. The Labute approximate surface area is 108 Å². The second-order valence-electron chi connectivity index (χ2n) is 5.89. The highest BCUT2D eigenvalue weighted by atomic mass is 16.1. The summed E-state index contributed by atoms with van der Waals surface area (Å²) in [6.07, 6.45) is 3.10. The maximum atomic E-state index is 11.6. The lowest BCUT2D eigenvalue weighted by molar-refractivity contribution is -0.121. The van der Waals surface area contributed by atoms with Gasteiger partial charge in [0.2, 0.25) is 5.91 Å². The summed E-state index contributed by atoms with van der Waals surface area (Å²) < 4.78 is 0. The molecular weight excluding hydrogens is 226 g/mol. The number of allylic oxidation sites excluding steroid dienone is 2. The molecule has 0 saturated heterocycles. The largest absolute Gasteiger partial charge is 0.359 e. The standard InChI is InChI=1S/C14H21N3O/c1-7-13-10-4-9(6-12(18)15-3)11(5-10)14(13)8(2)17-16-7/h9-11,14,16H,4-6H2,1-3H3,(H,15,18). The number of nitrogens with one attached hydrogen (secondary N) is 2. The van der Waals surface area contributed by atoms with Gasteiger partial charge < -0.3 is 5.32 Å². The molecule has 18 heavy (non-hydrogen) atoms. The monoisotopic (exact) mass is 247 g/mol. The maximum Gasteiger partial charge on any atom is 0.220 e. The van der Waals surface area contributed by atoms with Gasteiger partial charge in [0.15, 0.2) is 0 Å². The average molecular weight is 247 g/mol. The lowest BCUT2D eigenvalue weighted by atomic mass is 9.73. The number of amides is 1. The first-order valence-corrected chi connectivity index (χ1v) is 6.83. The van der Waals surface area contributed by atoms with E-state index in [0.29, 0.717) is 30.1 Å². The van der Waals surface area contributed by atoms with Gasteiger partial charge in [-0.25, -0.2) is 0 Å². The van der Waals surface area contributed by atoms with E-state index in [2.05, 4.69) is 29.7 Å². The van der Waals surface area contributed by atoms with E-state index in [1.807, 2.05) is 0 Å². The number of carbonyl (C=O) groups excluding carboxylic acids is 1. The van der Waals surface area contributed by atoms with Gasteiger partial charge in [-0.05, 0) is 50.0 Å². The Bertz CT molecular complexity index is 452. The van der Waals surface area contributed by atoms with Crippen LogP contribution in [0.4, 0.5) is 0 Å². The van der Waals surface area contributed by atoms with Crippen LogP contribution >= 0.6 is 0 Å². The van der Waals surface area contributed by atoms with E-state index in [0.717, 1.165) is 0 Å². The third-order valence-corrected chi connectivity index (χ3v) is 4.96. The van der Waals surface area contributed by atoms with Crippen molar-refractivity contribution in [2.45, 2.75) is 33.1 Å². The maximum absolute atomic E-state index is 11.6. The van der Waals surface area contributed by atoms with Crippen molar-refractivity contribution in [2.24, 2.45) is 28.8 Å². The smallest absolute Gasteiger partial charge is 0.220 e. The SMILES string of the molecule is CNC(=O)CC1CC2CC1C1C(C)=NNC(C)=C21. The molecule has 98 valence electrons. The Balaban J connectivity index is 1.84. The molecule has 1 heterocycles. The number of hydrogen-bond acceptors (Lipinski definition) is 3. The molecule has 4 unspecified atom stereocenters. The summed E-state index contributed by atoms with van der Waals surface area (Å²) in [4.78, 5) is 11.6. The molecule has 0 aromatic heterocycles. The number of hydrazone groups is 1. The van der Waals surface area contributed by atoms with Gasteiger partial charge in [0.25, 0.3) is 0 Å². The molecule has 4 atom stereocenters. The van der Waals surface area contributed by atoms with Crippen LogP contribution in [0.3, 0.4) is 0 Å². The number of carbonyl (C=O) groups is 1. The summed E-state index contributed by atoms with van der Waals surface area (Å²) >= 11 is 0. The van der Waals surface area contributed by atoms with E-state index in [1.165, 1.54) is 24.3 Å². The fraction of sp³-hybridized carbons (Fsp3) is 0.714. The van der Waals surface area contributed by atoms with E-state index in [-0.39, 0.29) is 5.91 Å². The average Bonchev–Trinajstić information content (AvgIpc) is 2.92. The Kier molecular flexibility index (Phi) is 2.68. The van der Waals surface area contributed by atoms with Crippen molar-refractivity contribution >= 4 is 11.6 Å². The normalized spacial score (nSPS) is 37.2. The van der Waals surface area contributed by atoms with E-state index in [9.17, 15) is 4.79 Å². The minimum Gasteiger partial charge on any atom is -0.359 e. The minimum absolute atomic E-state index is 0.179. The quantitative estimate of drug-likeness (QED) is 0.779. The third-order valence-electron chi connectivity index (χ3n) is 4.96. The highest BCUT2D eigenvalue weighted by molar-refractivity contribution is 5.89. The Hall–Kier alpha value is -1.32. The molecule has 2 aliphatic carbocycles. The predicted molar refractivity (Wildman–Crippen MR) is 70.8 cm³/mol. The highest BCUT2D eigenvalue weighted by Crippen LogP contribution is 2.57. The van der Waals surface area contributed by atoms with Gasteiger partial charge >= 0.3 is 0 Å². The number of hydrogen-bond donors (Lipinski definition) is 2. The predicted octanol–water partition coefficient (Wildman–Crippen LogP) is 1.65. The molecule has 3 rings (SSSR count). The van der Waals surface area contributed by atoms with Crippen LogP contribution in [-0.2, 0) is 4.79 Å². The Morgan fingerprint density at radius 2 is 2.22 bits per heavy atom. The molecule has 4 heteroatoms. The summed E-state index contributed by atoms with van der Waals surface area (Å²) in [5.74, 6) is 2.52. The first-order chi connectivity index (χ1) is 8.61. The van der Waals surface area contributed by atoms with Gasteiger partial charge in [0.05, 0.1) is 0 Å². The zero-order valence-corrected chi connectivity index (χ0v) is 11.3. The lowest BCUT2D eigenvalue weighted by Gasteiger charge is -2.34. The Morgan fingerprint density at radius 3 is 2.94 bits per heavy atom. The van der Waals surface area contributed by atoms with Crippen molar-refractivity contribution in [1.29, 1.82) is 0 Å². The second kappa shape index (κ2) is 4.11. The van der Waals surface area contributed by atoms with Gasteiger partial charge in [-0.15, -0.1) is 0 Å². The summed E-state index contributed by atoms with van der Waals surface area (Å²) in [7, 11) is 1.72. The van der Waals surface area contributed by atoms with Crippen LogP contribution in [0.2, 0.25) is 0 Å². The minimum atomic E-state index is 0.179. The number of rotatable bonds is 2. The van der Waals surface area contributed by atoms with Gasteiger partial charge in [-0.1, -0.05) is 0 Å². The van der Waals surface area contributed by atoms with Crippen molar-refractivity contribution in [1.82, 2.24) is 10.7 Å². The van der Waals surface area contributed by atoms with Crippen LogP contribution in [0.1, 0.15) is 33.1 Å². The van der Waals surface area contributed by atoms with Crippen molar-refractivity contribution < 1.29 is 4.79 Å². The fourth-order valence-corrected chi connectivity index (χ4v) is 4.26. The van der Waals surface area contributed by atoms with Crippen LogP contribution < -0.4 is 10.7 Å². The van der Waals surface area contributed by atoms with Crippen LogP contribution in [-0.4, -0.2) is 18.7 Å². The first-order valence-electron chi connectivity index (χ1n) is 6.83. The van der Waals surface area contributed by atoms with Gasteiger partial charge in [-0.3, -0.25) is 10.2 Å². The molecule has 2 fully saturated rings. The van der Waals surface area contributed by atoms with Crippen LogP contribution in [0.5, 0.6) is 0 Å². The summed E-state index contributed by atoms with van der Waals surface area (Å²) in [6.45, 7) is 4.24. The lowest BCUT2D eigenvalue weighted by Crippen LogP contribution is -2.35. The molecule has 0 radical (unpaired) electrons. The molecule has 1 aliphatic heterocycles. The van der Waals surface area contributed by atoms with Gasteiger partial charge in [-0.2, -0.15) is 5.10 Å². The van der Waals surface area contributed by atoms with E-state index in [4.69, 9.17) is 0 Å². The molecule has 0 aromatic rings. The van der Waals surface area contributed by atoms with Crippen molar-refractivity contribution in [3.05, 3.63) is 11.3 Å². The van der Waals surface area contributed by atoms with Crippen LogP contribution in [0.25, 0.3) is 0 Å². The van der Waals surface area contributed by atoms with Crippen molar-refractivity contribution in [3.8, 4) is 0 Å². The molecule has 0 aromatic carbocycles. The molecule has 2 bridgehead atoms. The van der Waals surface area contributed by atoms with Crippen LogP contribution in [0, 0.1) is 23.7 Å². The molecule has 2 saturated carbocycles. The number of fused-ring (bicyclic) bond motifs is 5. The van der Waals surface area contributed by atoms with E-state index < -0.39 is 0 Å². The molecule has 2 N–H and O–H groups in total.